The number of likely N-dealkylation sites (tertiary alicyclic amines) is 1. The third-order valence-corrected chi connectivity index (χ3v) is 4.07. The van der Waals surface area contributed by atoms with Crippen molar-refractivity contribution < 1.29 is 0 Å². The normalized spacial score (nSPS) is 23.7. The van der Waals surface area contributed by atoms with Gasteiger partial charge in [0.2, 0.25) is 0 Å². The van der Waals surface area contributed by atoms with Gasteiger partial charge in [-0.05, 0) is 58.0 Å². The van der Waals surface area contributed by atoms with Crippen LogP contribution in [-0.2, 0) is 0 Å². The van der Waals surface area contributed by atoms with Gasteiger partial charge in [-0.2, -0.15) is 0 Å². The van der Waals surface area contributed by atoms with Crippen molar-refractivity contribution in [2.45, 2.75) is 51.0 Å². The number of nitrogens with zero attached hydrogens (tertiary/aromatic N) is 1. The van der Waals surface area contributed by atoms with Gasteiger partial charge in [-0.3, -0.25) is 4.90 Å². The standard InChI is InChI=1S/C13H22ClN.ClH/c14-11-13(15-8-4-5-9-15)10-12-6-2-1-3-7-12;/h6,13H,1-5,7-11H2;1H. The maximum atomic E-state index is 6.10. The number of hydrogen-bond acceptors (Lipinski definition) is 1. The van der Waals surface area contributed by atoms with Gasteiger partial charge in [0.15, 0.2) is 0 Å². The molecule has 1 atom stereocenters. The van der Waals surface area contributed by atoms with Crippen LogP contribution in [0.1, 0.15) is 44.9 Å². The molecule has 1 aliphatic heterocycles. The first kappa shape index (κ1) is 14.3. The highest BCUT2D eigenvalue weighted by atomic mass is 35.5. The maximum absolute atomic E-state index is 6.10. The first-order valence-electron chi connectivity index (χ1n) is 6.38. The van der Waals surface area contributed by atoms with Crippen LogP contribution in [-0.4, -0.2) is 29.9 Å². The monoisotopic (exact) mass is 263 g/mol. The zero-order valence-electron chi connectivity index (χ0n) is 9.96. The van der Waals surface area contributed by atoms with Gasteiger partial charge in [0.25, 0.3) is 0 Å². The van der Waals surface area contributed by atoms with Gasteiger partial charge in [-0.15, -0.1) is 24.0 Å². The van der Waals surface area contributed by atoms with Crippen molar-refractivity contribution in [3.8, 4) is 0 Å². The minimum atomic E-state index is 0. The van der Waals surface area contributed by atoms with Gasteiger partial charge in [0.05, 0.1) is 0 Å². The zero-order valence-corrected chi connectivity index (χ0v) is 11.5. The molecular weight excluding hydrogens is 241 g/mol. The molecule has 1 nitrogen and oxygen atoms in total. The molecule has 16 heavy (non-hydrogen) atoms. The second-order valence-corrected chi connectivity index (χ2v) is 5.17. The number of rotatable bonds is 4. The number of hydrogen-bond donors (Lipinski definition) is 0. The molecule has 1 unspecified atom stereocenters. The molecular formula is C13H23Cl2N. The molecule has 1 saturated heterocycles. The van der Waals surface area contributed by atoms with Crippen molar-refractivity contribution in [3.63, 3.8) is 0 Å². The Morgan fingerprint density at radius 3 is 2.50 bits per heavy atom. The summed E-state index contributed by atoms with van der Waals surface area (Å²) in [5.74, 6) is 0.803. The first-order chi connectivity index (χ1) is 7.40. The van der Waals surface area contributed by atoms with E-state index in [2.05, 4.69) is 11.0 Å². The number of allylic oxidation sites excluding steroid dienone is 1. The van der Waals surface area contributed by atoms with Crippen molar-refractivity contribution in [1.82, 2.24) is 4.90 Å². The molecule has 94 valence electrons. The molecule has 0 N–H and O–H groups in total. The van der Waals surface area contributed by atoms with Crippen molar-refractivity contribution in [2.75, 3.05) is 19.0 Å². The predicted molar refractivity (Wildman–Crippen MR) is 73.7 cm³/mol. The number of halogens is 2. The molecule has 0 saturated carbocycles. The van der Waals surface area contributed by atoms with Gasteiger partial charge in [0.1, 0.15) is 0 Å². The van der Waals surface area contributed by atoms with Crippen LogP contribution < -0.4 is 0 Å². The molecule has 0 radical (unpaired) electrons. The Morgan fingerprint density at radius 1 is 1.19 bits per heavy atom. The topological polar surface area (TPSA) is 3.24 Å². The van der Waals surface area contributed by atoms with Crippen LogP contribution in [0.2, 0.25) is 0 Å². The molecule has 3 heteroatoms. The van der Waals surface area contributed by atoms with Crippen LogP contribution in [0.15, 0.2) is 11.6 Å². The van der Waals surface area contributed by atoms with E-state index in [9.17, 15) is 0 Å². The van der Waals surface area contributed by atoms with E-state index >= 15 is 0 Å². The van der Waals surface area contributed by atoms with Crippen molar-refractivity contribution in [1.29, 1.82) is 0 Å². The van der Waals surface area contributed by atoms with E-state index in [1.807, 2.05) is 0 Å². The molecule has 0 aromatic rings. The molecule has 0 spiro atoms. The highest BCUT2D eigenvalue weighted by Gasteiger charge is 2.22. The van der Waals surface area contributed by atoms with E-state index in [1.54, 1.807) is 5.57 Å². The van der Waals surface area contributed by atoms with Crippen molar-refractivity contribution in [2.24, 2.45) is 0 Å². The summed E-state index contributed by atoms with van der Waals surface area (Å²) in [6.45, 7) is 2.54. The third kappa shape index (κ3) is 3.94. The lowest BCUT2D eigenvalue weighted by atomic mass is 9.94. The first-order valence-corrected chi connectivity index (χ1v) is 6.91. The van der Waals surface area contributed by atoms with Crippen LogP contribution in [0.5, 0.6) is 0 Å². The Morgan fingerprint density at radius 2 is 1.94 bits per heavy atom. The Hall–Kier alpha value is 0.280. The summed E-state index contributed by atoms with van der Waals surface area (Å²) in [6, 6.07) is 0.610. The fraction of sp³-hybridized carbons (Fsp3) is 0.846. The molecule has 0 amide bonds. The van der Waals surface area contributed by atoms with Crippen LogP contribution in [0.4, 0.5) is 0 Å². The Bertz CT molecular complexity index is 222. The van der Waals surface area contributed by atoms with Crippen molar-refractivity contribution >= 4 is 24.0 Å². The lowest BCUT2D eigenvalue weighted by Crippen LogP contribution is -2.34. The summed E-state index contributed by atoms with van der Waals surface area (Å²) < 4.78 is 0. The second kappa shape index (κ2) is 7.58. The highest BCUT2D eigenvalue weighted by molar-refractivity contribution is 6.18. The quantitative estimate of drug-likeness (QED) is 0.548. The van der Waals surface area contributed by atoms with Crippen LogP contribution in [0.3, 0.4) is 0 Å². The molecule has 2 aliphatic rings. The van der Waals surface area contributed by atoms with E-state index in [-0.39, 0.29) is 12.4 Å². The average Bonchev–Trinajstić information content (AvgIpc) is 2.81. The van der Waals surface area contributed by atoms with E-state index in [4.69, 9.17) is 11.6 Å². The third-order valence-electron chi connectivity index (χ3n) is 3.72. The Labute approximate surface area is 111 Å². The molecule has 1 fully saturated rings. The molecule has 1 heterocycles. The van der Waals surface area contributed by atoms with Crippen LogP contribution >= 0.6 is 24.0 Å². The minimum absolute atomic E-state index is 0. The Balaban J connectivity index is 0.00000128. The highest BCUT2D eigenvalue weighted by Crippen LogP contribution is 2.25. The zero-order chi connectivity index (χ0) is 10.5. The maximum Gasteiger partial charge on any atom is 0.0382 e. The lowest BCUT2D eigenvalue weighted by molar-refractivity contribution is 0.258. The lowest BCUT2D eigenvalue weighted by Gasteiger charge is -2.27. The summed E-state index contributed by atoms with van der Waals surface area (Å²) in [7, 11) is 0. The number of alkyl halides is 1. The SMILES string of the molecule is Cl.ClCC(CC1=CCCCC1)N1CCCC1. The second-order valence-electron chi connectivity index (χ2n) is 4.86. The van der Waals surface area contributed by atoms with Crippen molar-refractivity contribution in [3.05, 3.63) is 11.6 Å². The van der Waals surface area contributed by atoms with Crippen LogP contribution in [0, 0.1) is 0 Å². The summed E-state index contributed by atoms with van der Waals surface area (Å²) in [6.07, 6.45) is 11.8. The summed E-state index contributed by atoms with van der Waals surface area (Å²) in [5, 5.41) is 0. The molecule has 0 bridgehead atoms. The van der Waals surface area contributed by atoms with E-state index < -0.39 is 0 Å². The van der Waals surface area contributed by atoms with Gasteiger partial charge >= 0.3 is 0 Å². The molecule has 0 aromatic heterocycles. The van der Waals surface area contributed by atoms with E-state index in [0.29, 0.717) is 6.04 Å². The molecule has 1 aliphatic carbocycles. The van der Waals surface area contributed by atoms with Gasteiger partial charge in [-0.1, -0.05) is 11.6 Å². The largest absolute Gasteiger partial charge is 0.299 e. The predicted octanol–water partition coefficient (Wildman–Crippen LogP) is 4.00. The molecule has 2 rings (SSSR count). The average molecular weight is 264 g/mol. The smallest absolute Gasteiger partial charge is 0.0382 e. The van der Waals surface area contributed by atoms with Gasteiger partial charge in [0, 0.05) is 11.9 Å². The summed E-state index contributed by atoms with van der Waals surface area (Å²) >= 11 is 6.10. The van der Waals surface area contributed by atoms with E-state index in [1.165, 1.54) is 58.0 Å². The van der Waals surface area contributed by atoms with Gasteiger partial charge < -0.3 is 0 Å². The van der Waals surface area contributed by atoms with Crippen LogP contribution in [0.25, 0.3) is 0 Å². The minimum Gasteiger partial charge on any atom is -0.299 e. The summed E-state index contributed by atoms with van der Waals surface area (Å²) in [5.41, 5.74) is 1.67. The summed E-state index contributed by atoms with van der Waals surface area (Å²) in [4.78, 5) is 2.59. The fourth-order valence-electron chi connectivity index (χ4n) is 2.78. The van der Waals surface area contributed by atoms with E-state index in [0.717, 1.165) is 5.88 Å². The molecule has 0 aromatic carbocycles. The fourth-order valence-corrected chi connectivity index (χ4v) is 3.08. The Kier molecular flexibility index (Phi) is 6.79. The van der Waals surface area contributed by atoms with Gasteiger partial charge in [-0.25, -0.2) is 0 Å².